The summed E-state index contributed by atoms with van der Waals surface area (Å²) in [7, 11) is 0.248. The van der Waals surface area contributed by atoms with Crippen molar-refractivity contribution in [3.8, 4) is 0 Å². The lowest BCUT2D eigenvalue weighted by Crippen LogP contribution is -2.47. The molecule has 1 aliphatic heterocycles. The number of piperazine rings is 1. The van der Waals surface area contributed by atoms with Gasteiger partial charge >= 0.3 is 0 Å². The third-order valence-corrected chi connectivity index (χ3v) is 7.49. The molecule has 2 N–H and O–H groups in total. The third kappa shape index (κ3) is 8.23. The minimum absolute atomic E-state index is 0. The molecule has 1 aromatic carbocycles. The van der Waals surface area contributed by atoms with Gasteiger partial charge in [0.25, 0.3) is 0 Å². The van der Waals surface area contributed by atoms with Crippen molar-refractivity contribution in [3.63, 3.8) is 0 Å². The van der Waals surface area contributed by atoms with Crippen molar-refractivity contribution in [2.75, 3.05) is 58.8 Å². The summed E-state index contributed by atoms with van der Waals surface area (Å²) in [6.45, 7) is 3.83. The number of guanidine groups is 1. The van der Waals surface area contributed by atoms with Crippen LogP contribution in [0.5, 0.6) is 0 Å². The average Bonchev–Trinajstić information content (AvgIpc) is 2.70. The maximum absolute atomic E-state index is 13.1. The van der Waals surface area contributed by atoms with Crippen LogP contribution in [-0.4, -0.2) is 82.4 Å². The highest BCUT2D eigenvalue weighted by Gasteiger charge is 2.29. The second kappa shape index (κ2) is 13.7. The van der Waals surface area contributed by atoms with Crippen molar-refractivity contribution < 1.29 is 8.42 Å². The number of nitrogens with zero attached hydrogens (tertiary/aromatic N) is 3. The number of aliphatic imine (C=N–C) groups is 1. The van der Waals surface area contributed by atoms with Gasteiger partial charge in [-0.05, 0) is 43.5 Å². The quantitative estimate of drug-likeness (QED) is 0.210. The van der Waals surface area contributed by atoms with Crippen LogP contribution in [0.2, 0.25) is 0 Å². The van der Waals surface area contributed by atoms with Crippen molar-refractivity contribution >= 4 is 51.7 Å². The van der Waals surface area contributed by atoms with E-state index in [1.807, 2.05) is 30.9 Å². The molecule has 0 atom stereocenters. The summed E-state index contributed by atoms with van der Waals surface area (Å²) in [5.41, 5.74) is 0.756. The van der Waals surface area contributed by atoms with Crippen LogP contribution in [0.25, 0.3) is 0 Å². The lowest BCUT2D eigenvalue weighted by atomic mass is 10.2. The van der Waals surface area contributed by atoms with Gasteiger partial charge in [0.1, 0.15) is 0 Å². The van der Waals surface area contributed by atoms with Crippen LogP contribution in [0.3, 0.4) is 0 Å². The monoisotopic (exact) mass is 555 g/mol. The molecule has 0 aliphatic carbocycles. The van der Waals surface area contributed by atoms with Crippen LogP contribution in [0.15, 0.2) is 34.2 Å². The van der Waals surface area contributed by atoms with Crippen LogP contribution in [0.4, 0.5) is 0 Å². The molecule has 0 radical (unpaired) electrons. The molecule has 0 bridgehead atoms. The van der Waals surface area contributed by atoms with Crippen molar-refractivity contribution in [2.45, 2.75) is 24.3 Å². The molecule has 166 valence electrons. The van der Waals surface area contributed by atoms with Crippen LogP contribution in [0.1, 0.15) is 18.4 Å². The van der Waals surface area contributed by atoms with E-state index in [0.717, 1.165) is 43.8 Å². The van der Waals surface area contributed by atoms with Gasteiger partial charge in [0.05, 0.1) is 4.90 Å². The molecule has 1 aliphatic rings. The van der Waals surface area contributed by atoms with E-state index in [2.05, 4.69) is 26.8 Å². The van der Waals surface area contributed by atoms with Gasteiger partial charge in [0, 0.05) is 46.3 Å². The molecule has 29 heavy (non-hydrogen) atoms. The van der Waals surface area contributed by atoms with Gasteiger partial charge in [-0.2, -0.15) is 16.1 Å². The molecule has 7 nitrogen and oxygen atoms in total. The number of hydrogen-bond acceptors (Lipinski definition) is 5. The lowest BCUT2D eigenvalue weighted by molar-refractivity contribution is 0.222. The molecule has 0 aromatic heterocycles. The van der Waals surface area contributed by atoms with Gasteiger partial charge in [-0.3, -0.25) is 4.99 Å². The van der Waals surface area contributed by atoms with E-state index < -0.39 is 10.0 Å². The Morgan fingerprint density at radius 2 is 1.83 bits per heavy atom. The second-order valence-corrected chi connectivity index (χ2v) is 9.76. The Bertz CT molecular complexity index is 738. The molecule has 0 amide bonds. The van der Waals surface area contributed by atoms with Crippen LogP contribution >= 0.6 is 35.7 Å². The van der Waals surface area contributed by atoms with E-state index in [1.54, 1.807) is 23.5 Å². The molecular weight excluding hydrogens is 521 g/mol. The predicted octanol–water partition coefficient (Wildman–Crippen LogP) is 2.05. The summed E-state index contributed by atoms with van der Waals surface area (Å²) in [4.78, 5) is 6.76. The average molecular weight is 556 g/mol. The summed E-state index contributed by atoms with van der Waals surface area (Å²) in [6, 6.07) is 7.22. The van der Waals surface area contributed by atoms with Gasteiger partial charge in [-0.25, -0.2) is 8.42 Å². The zero-order valence-corrected chi connectivity index (χ0v) is 21.5. The van der Waals surface area contributed by atoms with Crippen molar-refractivity contribution in [1.29, 1.82) is 0 Å². The Labute approximate surface area is 197 Å². The Balaban J connectivity index is 0.00000420. The van der Waals surface area contributed by atoms with E-state index in [9.17, 15) is 8.42 Å². The smallest absolute Gasteiger partial charge is 0.243 e. The summed E-state index contributed by atoms with van der Waals surface area (Å²) in [5.74, 6) is 1.85. The number of thioether (sulfide) groups is 1. The topological polar surface area (TPSA) is 77.0 Å². The summed E-state index contributed by atoms with van der Waals surface area (Å²) < 4.78 is 27.9. The maximum atomic E-state index is 13.1. The first-order valence-corrected chi connectivity index (χ1v) is 12.5. The number of benzene rings is 1. The molecular formula is C19H34IN5O2S2. The summed E-state index contributed by atoms with van der Waals surface area (Å²) in [5, 5.41) is 6.53. The number of nitrogens with one attached hydrogen (secondary N) is 2. The van der Waals surface area contributed by atoms with E-state index in [1.165, 1.54) is 0 Å². The standard InChI is InChI=1S/C19H33N5O2S2.HI/c1-20-19(21-10-6-7-15-27-3)22-16-17-8-4-5-9-18(17)28(25,26)24-13-11-23(2)12-14-24;/h4-5,8-9H,6-7,10-16H2,1-3H3,(H2,20,21,22);1H. The maximum Gasteiger partial charge on any atom is 0.243 e. The number of likely N-dealkylation sites (N-methyl/N-ethyl adjacent to an activating group) is 1. The fourth-order valence-electron chi connectivity index (χ4n) is 3.05. The SMILES string of the molecule is CN=C(NCCCCSC)NCc1ccccc1S(=O)(=O)N1CCN(C)CC1.I. The predicted molar refractivity (Wildman–Crippen MR) is 134 cm³/mol. The molecule has 0 saturated carbocycles. The van der Waals surface area contributed by atoms with Crippen LogP contribution in [-0.2, 0) is 16.6 Å². The first-order valence-electron chi connectivity index (χ1n) is 9.69. The van der Waals surface area contributed by atoms with Gasteiger partial charge in [0.2, 0.25) is 10.0 Å². The first-order chi connectivity index (χ1) is 13.5. The highest BCUT2D eigenvalue weighted by Crippen LogP contribution is 2.21. The largest absolute Gasteiger partial charge is 0.356 e. The van der Waals surface area contributed by atoms with Gasteiger partial charge in [-0.15, -0.1) is 24.0 Å². The number of sulfonamides is 1. The van der Waals surface area contributed by atoms with Crippen molar-refractivity contribution in [2.24, 2.45) is 4.99 Å². The lowest BCUT2D eigenvalue weighted by Gasteiger charge is -2.32. The van der Waals surface area contributed by atoms with Crippen LogP contribution in [0, 0.1) is 0 Å². The van der Waals surface area contributed by atoms with E-state index in [4.69, 9.17) is 0 Å². The van der Waals surface area contributed by atoms with Gasteiger partial charge in [-0.1, -0.05) is 18.2 Å². The highest BCUT2D eigenvalue weighted by atomic mass is 127. The first kappa shape index (κ1) is 26.5. The minimum atomic E-state index is -3.49. The molecule has 1 saturated heterocycles. The number of rotatable bonds is 9. The summed E-state index contributed by atoms with van der Waals surface area (Å²) in [6.07, 6.45) is 4.36. The fraction of sp³-hybridized carbons (Fsp3) is 0.632. The summed E-state index contributed by atoms with van der Waals surface area (Å²) >= 11 is 1.85. The molecule has 1 fully saturated rings. The second-order valence-electron chi connectivity index (χ2n) is 6.87. The molecule has 1 aromatic rings. The molecule has 0 spiro atoms. The molecule has 2 rings (SSSR count). The Kier molecular flexibility index (Phi) is 12.5. The third-order valence-electron chi connectivity index (χ3n) is 4.79. The van der Waals surface area contributed by atoms with E-state index >= 15 is 0 Å². The number of unbranched alkanes of at least 4 members (excludes halogenated alkanes) is 1. The number of halogens is 1. The Morgan fingerprint density at radius 1 is 1.14 bits per heavy atom. The zero-order chi connectivity index (χ0) is 20.4. The van der Waals surface area contributed by atoms with Crippen molar-refractivity contribution in [1.82, 2.24) is 19.8 Å². The fourth-order valence-corrected chi connectivity index (χ4v) is 5.18. The normalized spacial score (nSPS) is 16.3. The van der Waals surface area contributed by atoms with E-state index in [0.29, 0.717) is 30.5 Å². The highest BCUT2D eigenvalue weighted by molar-refractivity contribution is 14.0. The number of hydrogen-bond donors (Lipinski definition) is 2. The Morgan fingerprint density at radius 3 is 2.48 bits per heavy atom. The minimum Gasteiger partial charge on any atom is -0.356 e. The van der Waals surface area contributed by atoms with Crippen LogP contribution < -0.4 is 10.6 Å². The Hall–Kier alpha value is -0.560. The zero-order valence-electron chi connectivity index (χ0n) is 17.6. The molecule has 0 unspecified atom stereocenters. The molecule has 10 heteroatoms. The van der Waals surface area contributed by atoms with Gasteiger partial charge in [0.15, 0.2) is 5.96 Å². The van der Waals surface area contributed by atoms with E-state index in [-0.39, 0.29) is 24.0 Å². The van der Waals surface area contributed by atoms with Crippen molar-refractivity contribution in [3.05, 3.63) is 29.8 Å². The molecule has 1 heterocycles. The van der Waals surface area contributed by atoms with Gasteiger partial charge < -0.3 is 15.5 Å².